The zero-order valence-corrected chi connectivity index (χ0v) is 10.2. The Balaban J connectivity index is 3.49. The molecule has 0 aromatic heterocycles. The maximum Gasteiger partial charge on any atom is 0.0637 e. The fraction of sp³-hybridized carbons (Fsp3) is 1.00. The summed E-state index contributed by atoms with van der Waals surface area (Å²) in [6, 6.07) is 0.463. The zero-order chi connectivity index (χ0) is 11.0. The third-order valence-corrected chi connectivity index (χ3v) is 2.29. The molecule has 86 valence electrons. The molecule has 0 spiro atoms. The zero-order valence-electron chi connectivity index (χ0n) is 10.2. The molecule has 14 heavy (non-hydrogen) atoms. The first-order valence-corrected chi connectivity index (χ1v) is 5.38. The minimum absolute atomic E-state index is 0.0436. The van der Waals surface area contributed by atoms with Crippen molar-refractivity contribution in [2.24, 2.45) is 0 Å². The fourth-order valence-corrected chi connectivity index (χ4v) is 1.41. The average Bonchev–Trinajstić information content (AvgIpc) is 2.12. The van der Waals surface area contributed by atoms with Crippen molar-refractivity contribution in [2.45, 2.75) is 45.8 Å². The molecule has 0 aliphatic rings. The molecule has 3 nitrogen and oxygen atoms in total. The summed E-state index contributed by atoms with van der Waals surface area (Å²) in [4.78, 5) is 0. The Morgan fingerprint density at radius 1 is 1.36 bits per heavy atom. The third-order valence-electron chi connectivity index (χ3n) is 2.29. The van der Waals surface area contributed by atoms with Gasteiger partial charge in [0.05, 0.1) is 12.2 Å². The topological polar surface area (TPSA) is 30.5 Å². The molecule has 0 aliphatic heterocycles. The van der Waals surface area contributed by atoms with E-state index in [1.54, 1.807) is 7.11 Å². The molecule has 0 bridgehead atoms. The standard InChI is InChI=1S/C11H25NO2/c1-6-14-8-7-12-10(2)9-11(3,4)13-5/h10,12H,6-9H2,1-5H3/t10-/m1/s1. The lowest BCUT2D eigenvalue weighted by atomic mass is 10.00. The second kappa shape index (κ2) is 7.21. The van der Waals surface area contributed by atoms with Crippen molar-refractivity contribution in [3.05, 3.63) is 0 Å². The lowest BCUT2D eigenvalue weighted by molar-refractivity contribution is 0.00796. The van der Waals surface area contributed by atoms with Crippen LogP contribution in [0.3, 0.4) is 0 Å². The molecule has 0 saturated heterocycles. The summed E-state index contributed by atoms with van der Waals surface area (Å²) >= 11 is 0. The van der Waals surface area contributed by atoms with Crippen LogP contribution in [0.5, 0.6) is 0 Å². The molecule has 0 aromatic rings. The van der Waals surface area contributed by atoms with E-state index in [9.17, 15) is 0 Å². The van der Waals surface area contributed by atoms with Crippen LogP contribution in [0.15, 0.2) is 0 Å². The number of hydrogen-bond donors (Lipinski definition) is 1. The second-order valence-electron chi connectivity index (χ2n) is 4.22. The Morgan fingerprint density at radius 3 is 2.50 bits per heavy atom. The van der Waals surface area contributed by atoms with Gasteiger partial charge in [0.2, 0.25) is 0 Å². The third kappa shape index (κ3) is 7.30. The molecule has 0 unspecified atom stereocenters. The summed E-state index contributed by atoms with van der Waals surface area (Å²) in [6.45, 7) is 10.9. The smallest absolute Gasteiger partial charge is 0.0637 e. The highest BCUT2D eigenvalue weighted by Crippen LogP contribution is 2.14. The van der Waals surface area contributed by atoms with Crippen LogP contribution in [0.25, 0.3) is 0 Å². The molecule has 1 N–H and O–H groups in total. The molecule has 0 rings (SSSR count). The number of hydrogen-bond acceptors (Lipinski definition) is 3. The Kier molecular flexibility index (Phi) is 7.15. The van der Waals surface area contributed by atoms with Crippen molar-refractivity contribution in [3.63, 3.8) is 0 Å². The van der Waals surface area contributed by atoms with Crippen LogP contribution in [-0.4, -0.2) is 38.5 Å². The summed E-state index contributed by atoms with van der Waals surface area (Å²) in [5.41, 5.74) is -0.0436. The maximum absolute atomic E-state index is 5.36. The molecule has 0 radical (unpaired) electrons. The van der Waals surface area contributed by atoms with Gasteiger partial charge in [-0.05, 0) is 34.1 Å². The van der Waals surface area contributed by atoms with E-state index in [-0.39, 0.29) is 5.60 Å². The van der Waals surface area contributed by atoms with Crippen molar-refractivity contribution in [1.29, 1.82) is 0 Å². The van der Waals surface area contributed by atoms with Crippen LogP contribution in [0.4, 0.5) is 0 Å². The number of ether oxygens (including phenoxy) is 2. The van der Waals surface area contributed by atoms with Gasteiger partial charge in [-0.15, -0.1) is 0 Å². The van der Waals surface area contributed by atoms with Gasteiger partial charge < -0.3 is 14.8 Å². The van der Waals surface area contributed by atoms with Crippen LogP contribution in [-0.2, 0) is 9.47 Å². The first kappa shape index (κ1) is 13.9. The van der Waals surface area contributed by atoms with Crippen LogP contribution in [0.1, 0.15) is 34.1 Å². The van der Waals surface area contributed by atoms with Crippen molar-refractivity contribution in [3.8, 4) is 0 Å². The highest BCUT2D eigenvalue weighted by molar-refractivity contribution is 4.75. The van der Waals surface area contributed by atoms with Gasteiger partial charge in [0.1, 0.15) is 0 Å². The minimum Gasteiger partial charge on any atom is -0.380 e. The predicted octanol–water partition coefficient (Wildman–Crippen LogP) is 1.82. The van der Waals surface area contributed by atoms with E-state index in [4.69, 9.17) is 9.47 Å². The highest BCUT2D eigenvalue weighted by atomic mass is 16.5. The van der Waals surface area contributed by atoms with Crippen LogP contribution in [0, 0.1) is 0 Å². The average molecular weight is 203 g/mol. The van der Waals surface area contributed by atoms with E-state index < -0.39 is 0 Å². The lowest BCUT2D eigenvalue weighted by Crippen LogP contribution is -2.37. The van der Waals surface area contributed by atoms with Gasteiger partial charge in [0.15, 0.2) is 0 Å². The summed E-state index contributed by atoms with van der Waals surface area (Å²) in [6.07, 6.45) is 1.01. The van der Waals surface area contributed by atoms with E-state index in [1.165, 1.54) is 0 Å². The normalized spacial score (nSPS) is 14.4. The van der Waals surface area contributed by atoms with Crippen molar-refractivity contribution in [1.82, 2.24) is 5.32 Å². The Hall–Kier alpha value is -0.120. The number of rotatable bonds is 8. The van der Waals surface area contributed by atoms with Crippen molar-refractivity contribution < 1.29 is 9.47 Å². The molecule has 0 heterocycles. The second-order valence-corrected chi connectivity index (χ2v) is 4.22. The fourth-order valence-electron chi connectivity index (χ4n) is 1.41. The van der Waals surface area contributed by atoms with Crippen molar-refractivity contribution >= 4 is 0 Å². The summed E-state index contributed by atoms with van der Waals surface area (Å²) in [7, 11) is 1.76. The number of methoxy groups -OCH3 is 1. The molecule has 3 heteroatoms. The van der Waals surface area contributed by atoms with Gasteiger partial charge in [-0.25, -0.2) is 0 Å². The largest absolute Gasteiger partial charge is 0.380 e. The van der Waals surface area contributed by atoms with Crippen molar-refractivity contribution in [2.75, 3.05) is 26.9 Å². The van der Waals surface area contributed by atoms with Gasteiger partial charge in [0.25, 0.3) is 0 Å². The van der Waals surface area contributed by atoms with Gasteiger partial charge in [0, 0.05) is 26.3 Å². The van der Waals surface area contributed by atoms with Crippen LogP contribution < -0.4 is 5.32 Å². The molecule has 0 saturated carbocycles. The first-order chi connectivity index (χ1) is 6.52. The molecular weight excluding hydrogens is 178 g/mol. The molecule has 0 amide bonds. The Bertz CT molecular complexity index is 137. The maximum atomic E-state index is 5.36. The minimum atomic E-state index is -0.0436. The molecular formula is C11H25NO2. The highest BCUT2D eigenvalue weighted by Gasteiger charge is 2.19. The summed E-state index contributed by atoms with van der Waals surface area (Å²) in [5.74, 6) is 0. The summed E-state index contributed by atoms with van der Waals surface area (Å²) in [5, 5.41) is 3.40. The Labute approximate surface area is 88.2 Å². The van der Waals surface area contributed by atoms with E-state index in [2.05, 4.69) is 26.1 Å². The molecule has 0 aliphatic carbocycles. The van der Waals surface area contributed by atoms with Gasteiger partial charge in [-0.3, -0.25) is 0 Å². The van der Waals surface area contributed by atoms with Crippen LogP contribution in [0.2, 0.25) is 0 Å². The van der Waals surface area contributed by atoms with E-state index in [0.717, 1.165) is 26.2 Å². The van der Waals surface area contributed by atoms with E-state index in [0.29, 0.717) is 6.04 Å². The molecule has 0 aromatic carbocycles. The number of nitrogens with one attached hydrogen (secondary N) is 1. The van der Waals surface area contributed by atoms with Crippen LogP contribution >= 0.6 is 0 Å². The SMILES string of the molecule is CCOCCN[C@H](C)CC(C)(C)OC. The predicted molar refractivity (Wildman–Crippen MR) is 59.7 cm³/mol. The monoisotopic (exact) mass is 203 g/mol. The van der Waals surface area contributed by atoms with Gasteiger partial charge >= 0.3 is 0 Å². The Morgan fingerprint density at radius 2 is 2.00 bits per heavy atom. The van der Waals surface area contributed by atoms with Gasteiger partial charge in [-0.1, -0.05) is 0 Å². The lowest BCUT2D eigenvalue weighted by Gasteiger charge is -2.27. The molecule has 1 atom stereocenters. The molecule has 0 fully saturated rings. The quantitative estimate of drug-likeness (QED) is 0.610. The van der Waals surface area contributed by atoms with E-state index >= 15 is 0 Å². The summed E-state index contributed by atoms with van der Waals surface area (Å²) < 4.78 is 10.6. The van der Waals surface area contributed by atoms with E-state index in [1.807, 2.05) is 6.92 Å². The van der Waals surface area contributed by atoms with Gasteiger partial charge in [-0.2, -0.15) is 0 Å². The first-order valence-electron chi connectivity index (χ1n) is 5.38.